The van der Waals surface area contributed by atoms with E-state index in [-0.39, 0.29) is 22.3 Å². The molecule has 0 amide bonds. The Hall–Kier alpha value is -0.640. The summed E-state index contributed by atoms with van der Waals surface area (Å²) < 4.78 is 0. The van der Waals surface area contributed by atoms with Gasteiger partial charge in [0.1, 0.15) is 6.10 Å². The highest BCUT2D eigenvalue weighted by Gasteiger charge is 2.54. The molecular weight excluding hydrogens is 312 g/mol. The molecule has 0 aromatic carbocycles. The largest absolute Gasteiger partial charge is 0.393 e. The molecule has 126 valence electrons. The lowest BCUT2D eigenvalue weighted by molar-refractivity contribution is -0.122. The molecule has 4 aliphatic carbocycles. The van der Waals surface area contributed by atoms with Crippen LogP contribution in [0.1, 0.15) is 51.9 Å². The standard InChI is InChI=1S/C19H25ClO3/c1-19-7-6-11-12(14(19)4-5-17(19)22)3-2-10-8-15(20)18(23)16(21)9-13(10)11/h8,11-12,14,16-17,21-22H,2-7,9H2,1H3/t11-,12+,14-,16?,17-,19-/m0/s1. The number of allylic oxidation sites excluding steroid dienone is 2. The number of halogens is 1. The summed E-state index contributed by atoms with van der Waals surface area (Å²) in [5.74, 6) is 1.26. The number of hydrogen-bond donors (Lipinski definition) is 2. The van der Waals surface area contributed by atoms with Gasteiger partial charge in [-0.15, -0.1) is 0 Å². The molecule has 0 bridgehead atoms. The van der Waals surface area contributed by atoms with E-state index in [4.69, 9.17) is 11.6 Å². The quantitative estimate of drug-likeness (QED) is 0.713. The lowest BCUT2D eigenvalue weighted by Crippen LogP contribution is -2.45. The lowest BCUT2D eigenvalue weighted by atomic mass is 9.55. The maximum atomic E-state index is 12.0. The minimum atomic E-state index is -0.993. The van der Waals surface area contributed by atoms with E-state index in [1.807, 2.05) is 6.08 Å². The second-order valence-electron chi connectivity index (χ2n) is 8.18. The van der Waals surface area contributed by atoms with Gasteiger partial charge in [0, 0.05) is 6.42 Å². The van der Waals surface area contributed by atoms with Crippen LogP contribution in [0.4, 0.5) is 0 Å². The molecule has 0 spiro atoms. The van der Waals surface area contributed by atoms with Crippen molar-refractivity contribution >= 4 is 17.4 Å². The Morgan fingerprint density at radius 2 is 2.00 bits per heavy atom. The predicted octanol–water partition coefficient (Wildman–Crippen LogP) is 3.34. The van der Waals surface area contributed by atoms with Gasteiger partial charge in [-0.05, 0) is 73.3 Å². The van der Waals surface area contributed by atoms with E-state index < -0.39 is 6.10 Å². The molecule has 6 atom stereocenters. The number of hydrogen-bond acceptors (Lipinski definition) is 3. The molecule has 4 heteroatoms. The molecule has 2 N–H and O–H groups in total. The second kappa shape index (κ2) is 5.44. The Morgan fingerprint density at radius 3 is 2.78 bits per heavy atom. The van der Waals surface area contributed by atoms with Crippen molar-refractivity contribution in [1.29, 1.82) is 0 Å². The zero-order valence-electron chi connectivity index (χ0n) is 13.6. The van der Waals surface area contributed by atoms with Crippen LogP contribution in [-0.4, -0.2) is 28.2 Å². The SMILES string of the molecule is C[C@]12CC[C@@H]3C4=C(C=C(Cl)C(=O)C(O)C4)CC[C@H]3[C@@H]1CC[C@@H]2O. The van der Waals surface area contributed by atoms with Crippen molar-refractivity contribution in [3.8, 4) is 0 Å². The van der Waals surface area contributed by atoms with E-state index in [0.29, 0.717) is 24.2 Å². The summed E-state index contributed by atoms with van der Waals surface area (Å²) in [6, 6.07) is 0. The minimum absolute atomic E-state index is 0.0614. The predicted molar refractivity (Wildman–Crippen MR) is 88.9 cm³/mol. The van der Waals surface area contributed by atoms with E-state index in [9.17, 15) is 15.0 Å². The zero-order valence-corrected chi connectivity index (χ0v) is 14.4. The van der Waals surface area contributed by atoms with Gasteiger partial charge in [0.25, 0.3) is 0 Å². The molecule has 23 heavy (non-hydrogen) atoms. The number of carbonyl (C=O) groups is 1. The minimum Gasteiger partial charge on any atom is -0.393 e. The fraction of sp³-hybridized carbons (Fsp3) is 0.737. The molecule has 0 aromatic rings. The van der Waals surface area contributed by atoms with E-state index in [1.54, 1.807) is 0 Å². The van der Waals surface area contributed by atoms with Crippen LogP contribution < -0.4 is 0 Å². The Balaban J connectivity index is 1.69. The highest BCUT2D eigenvalue weighted by molar-refractivity contribution is 6.43. The summed E-state index contributed by atoms with van der Waals surface area (Å²) in [4.78, 5) is 12.0. The van der Waals surface area contributed by atoms with Crippen LogP contribution in [0.25, 0.3) is 0 Å². The Labute approximate surface area is 142 Å². The first kappa shape index (κ1) is 15.9. The maximum Gasteiger partial charge on any atom is 0.202 e. The fourth-order valence-corrected chi connectivity index (χ4v) is 6.21. The smallest absolute Gasteiger partial charge is 0.202 e. The first-order chi connectivity index (χ1) is 10.9. The third-order valence-corrected chi connectivity index (χ3v) is 7.54. The number of rotatable bonds is 0. The van der Waals surface area contributed by atoms with Gasteiger partial charge >= 0.3 is 0 Å². The van der Waals surface area contributed by atoms with Crippen molar-refractivity contribution in [1.82, 2.24) is 0 Å². The molecule has 0 saturated heterocycles. The van der Waals surface area contributed by atoms with Crippen molar-refractivity contribution < 1.29 is 15.0 Å². The van der Waals surface area contributed by atoms with Crippen molar-refractivity contribution in [3.63, 3.8) is 0 Å². The Morgan fingerprint density at radius 1 is 1.22 bits per heavy atom. The average Bonchev–Trinajstić information content (AvgIpc) is 2.78. The van der Waals surface area contributed by atoms with Gasteiger partial charge in [0.15, 0.2) is 0 Å². The normalized spacial score (nSPS) is 46.7. The van der Waals surface area contributed by atoms with E-state index >= 15 is 0 Å². The van der Waals surface area contributed by atoms with Crippen LogP contribution in [0.5, 0.6) is 0 Å². The monoisotopic (exact) mass is 336 g/mol. The van der Waals surface area contributed by atoms with Crippen LogP contribution in [-0.2, 0) is 4.79 Å². The first-order valence-corrected chi connectivity index (χ1v) is 9.29. The summed E-state index contributed by atoms with van der Waals surface area (Å²) in [5, 5.41) is 20.8. The number of aliphatic hydroxyl groups is 2. The topological polar surface area (TPSA) is 57.5 Å². The summed E-state index contributed by atoms with van der Waals surface area (Å²) >= 11 is 6.08. The van der Waals surface area contributed by atoms with Crippen molar-refractivity contribution in [2.75, 3.05) is 0 Å². The molecule has 0 aliphatic heterocycles. The zero-order chi connectivity index (χ0) is 16.4. The first-order valence-electron chi connectivity index (χ1n) is 8.91. The average molecular weight is 337 g/mol. The van der Waals surface area contributed by atoms with Gasteiger partial charge in [-0.25, -0.2) is 0 Å². The maximum absolute atomic E-state index is 12.0. The number of carbonyl (C=O) groups excluding carboxylic acids is 1. The highest BCUT2D eigenvalue weighted by Crippen LogP contribution is 2.60. The van der Waals surface area contributed by atoms with Crippen LogP contribution in [0, 0.1) is 23.2 Å². The molecule has 0 heterocycles. The molecule has 0 radical (unpaired) electrons. The van der Waals surface area contributed by atoms with Crippen molar-refractivity contribution in [2.45, 2.75) is 64.1 Å². The third-order valence-electron chi connectivity index (χ3n) is 7.25. The van der Waals surface area contributed by atoms with Crippen LogP contribution in [0.15, 0.2) is 22.3 Å². The fourth-order valence-electron chi connectivity index (χ4n) is 5.95. The number of aliphatic hydroxyl groups excluding tert-OH is 2. The van der Waals surface area contributed by atoms with Gasteiger partial charge in [-0.1, -0.05) is 24.1 Å². The van der Waals surface area contributed by atoms with Crippen molar-refractivity contribution in [2.24, 2.45) is 23.2 Å². The molecule has 2 fully saturated rings. The van der Waals surface area contributed by atoms with Crippen molar-refractivity contribution in [3.05, 3.63) is 22.3 Å². The second-order valence-corrected chi connectivity index (χ2v) is 8.59. The number of ketones is 1. The molecule has 0 aromatic heterocycles. The molecular formula is C19H25ClO3. The van der Waals surface area contributed by atoms with Gasteiger partial charge in [0.2, 0.25) is 5.78 Å². The van der Waals surface area contributed by atoms with E-state index in [0.717, 1.165) is 38.5 Å². The van der Waals surface area contributed by atoms with E-state index in [1.165, 1.54) is 11.1 Å². The number of Topliss-reactive ketones (excluding diaryl/α,β-unsaturated/α-hetero) is 1. The van der Waals surface area contributed by atoms with Gasteiger partial charge in [0.05, 0.1) is 11.1 Å². The van der Waals surface area contributed by atoms with Gasteiger partial charge in [-0.2, -0.15) is 0 Å². The summed E-state index contributed by atoms with van der Waals surface area (Å²) in [7, 11) is 0. The highest BCUT2D eigenvalue weighted by atomic mass is 35.5. The summed E-state index contributed by atoms with van der Waals surface area (Å²) in [5.41, 5.74) is 2.51. The summed E-state index contributed by atoms with van der Waals surface area (Å²) in [6.45, 7) is 2.26. The van der Waals surface area contributed by atoms with Gasteiger partial charge in [-0.3, -0.25) is 4.79 Å². The summed E-state index contributed by atoms with van der Waals surface area (Å²) in [6.07, 6.45) is 7.27. The molecule has 1 unspecified atom stereocenters. The van der Waals surface area contributed by atoms with Crippen LogP contribution in [0.3, 0.4) is 0 Å². The van der Waals surface area contributed by atoms with Crippen LogP contribution in [0.2, 0.25) is 0 Å². The Bertz CT molecular complexity index is 608. The Kier molecular flexibility index (Phi) is 3.75. The third kappa shape index (κ3) is 2.27. The molecule has 3 nitrogen and oxygen atoms in total. The molecule has 4 rings (SSSR count). The van der Waals surface area contributed by atoms with Crippen LogP contribution >= 0.6 is 11.6 Å². The van der Waals surface area contributed by atoms with Gasteiger partial charge < -0.3 is 10.2 Å². The molecule has 2 saturated carbocycles. The molecule has 4 aliphatic rings. The lowest BCUT2D eigenvalue weighted by Gasteiger charge is -2.50. The number of fused-ring (bicyclic) bond motifs is 4. The van der Waals surface area contributed by atoms with E-state index in [2.05, 4.69) is 6.92 Å².